The SMILES string of the molecule is CCCCCC=CCC=C(CCCCCCCC(=O)OC)[N+](=O)[O-]. The van der Waals surface area contributed by atoms with Crippen molar-refractivity contribution in [1.82, 2.24) is 0 Å². The van der Waals surface area contributed by atoms with Crippen LogP contribution >= 0.6 is 0 Å². The molecule has 0 rings (SSSR count). The van der Waals surface area contributed by atoms with Crippen molar-refractivity contribution in [1.29, 1.82) is 0 Å². The number of nitro groups is 1. The number of hydrogen-bond donors (Lipinski definition) is 0. The number of carbonyl (C=O) groups is 1. The summed E-state index contributed by atoms with van der Waals surface area (Å²) in [7, 11) is 1.40. The predicted octanol–water partition coefficient (Wildman–Crippen LogP) is 5.58. The third-order valence-electron chi connectivity index (χ3n) is 3.91. The van der Waals surface area contributed by atoms with E-state index in [-0.39, 0.29) is 10.9 Å². The number of allylic oxidation sites excluding steroid dienone is 4. The van der Waals surface area contributed by atoms with E-state index in [4.69, 9.17) is 0 Å². The number of rotatable bonds is 15. The van der Waals surface area contributed by atoms with Crippen LogP contribution in [-0.4, -0.2) is 18.0 Å². The van der Waals surface area contributed by atoms with Gasteiger partial charge in [0.05, 0.1) is 12.0 Å². The van der Waals surface area contributed by atoms with E-state index < -0.39 is 0 Å². The summed E-state index contributed by atoms with van der Waals surface area (Å²) in [6.07, 6.45) is 16.8. The lowest BCUT2D eigenvalue weighted by Crippen LogP contribution is -2.00. The Morgan fingerprint density at radius 1 is 1.00 bits per heavy atom. The number of unbranched alkanes of at least 4 members (excludes halogenated alkanes) is 7. The van der Waals surface area contributed by atoms with Crippen LogP contribution in [0.3, 0.4) is 0 Å². The van der Waals surface area contributed by atoms with Gasteiger partial charge in [-0.3, -0.25) is 14.9 Å². The number of hydrogen-bond acceptors (Lipinski definition) is 4. The number of ether oxygens (including phenoxy) is 1. The van der Waals surface area contributed by atoms with E-state index in [1.54, 1.807) is 6.08 Å². The molecule has 0 N–H and O–H groups in total. The zero-order chi connectivity index (χ0) is 18.0. The zero-order valence-corrected chi connectivity index (χ0v) is 15.3. The van der Waals surface area contributed by atoms with Gasteiger partial charge in [0, 0.05) is 12.8 Å². The van der Waals surface area contributed by atoms with Gasteiger partial charge in [0.1, 0.15) is 0 Å². The summed E-state index contributed by atoms with van der Waals surface area (Å²) in [5.41, 5.74) is 0.322. The number of carbonyl (C=O) groups excluding carboxylic acids is 1. The molecule has 5 nitrogen and oxygen atoms in total. The van der Waals surface area contributed by atoms with Gasteiger partial charge in [0.2, 0.25) is 5.70 Å². The Balaban J connectivity index is 3.82. The van der Waals surface area contributed by atoms with Gasteiger partial charge in [0.15, 0.2) is 0 Å². The van der Waals surface area contributed by atoms with Crippen molar-refractivity contribution in [2.75, 3.05) is 7.11 Å². The molecule has 0 aromatic rings. The summed E-state index contributed by atoms with van der Waals surface area (Å²) in [4.78, 5) is 21.7. The lowest BCUT2D eigenvalue weighted by atomic mass is 10.1. The first-order chi connectivity index (χ1) is 11.6. The van der Waals surface area contributed by atoms with Gasteiger partial charge in [-0.15, -0.1) is 0 Å². The van der Waals surface area contributed by atoms with Crippen molar-refractivity contribution < 1.29 is 14.5 Å². The van der Waals surface area contributed by atoms with Crippen molar-refractivity contribution >= 4 is 5.97 Å². The highest BCUT2D eigenvalue weighted by atomic mass is 16.6. The van der Waals surface area contributed by atoms with E-state index in [2.05, 4.69) is 17.7 Å². The van der Waals surface area contributed by atoms with Crippen LogP contribution in [-0.2, 0) is 9.53 Å². The van der Waals surface area contributed by atoms with E-state index in [9.17, 15) is 14.9 Å². The molecule has 0 aromatic heterocycles. The highest BCUT2D eigenvalue weighted by Gasteiger charge is 2.08. The lowest BCUT2D eigenvalue weighted by molar-refractivity contribution is -0.428. The quantitative estimate of drug-likeness (QED) is 0.128. The van der Waals surface area contributed by atoms with Crippen LogP contribution < -0.4 is 0 Å². The molecule has 0 fully saturated rings. The van der Waals surface area contributed by atoms with E-state index in [1.165, 1.54) is 26.4 Å². The van der Waals surface area contributed by atoms with Crippen molar-refractivity contribution in [3.8, 4) is 0 Å². The first-order valence-corrected chi connectivity index (χ1v) is 9.17. The van der Waals surface area contributed by atoms with Crippen molar-refractivity contribution in [3.63, 3.8) is 0 Å². The molecule has 0 spiro atoms. The Kier molecular flexibility index (Phi) is 15.1. The second-order valence-electron chi connectivity index (χ2n) is 6.00. The van der Waals surface area contributed by atoms with Crippen LogP contribution in [0, 0.1) is 10.1 Å². The number of esters is 1. The second kappa shape index (κ2) is 16.2. The van der Waals surface area contributed by atoms with Gasteiger partial charge in [0.25, 0.3) is 0 Å². The van der Waals surface area contributed by atoms with Gasteiger partial charge in [-0.25, -0.2) is 0 Å². The molecular formula is C19H33NO4. The standard InChI is InChI=1S/C19H33NO4/c1-3-4-5-6-7-9-12-15-18(20(22)23)16-13-10-8-11-14-17-19(21)24-2/h7,9,15H,3-6,8,10-14,16-17H2,1-2H3. The topological polar surface area (TPSA) is 69.4 Å². The summed E-state index contributed by atoms with van der Waals surface area (Å²) in [5, 5.41) is 11.0. The van der Waals surface area contributed by atoms with Gasteiger partial charge >= 0.3 is 5.97 Å². The molecule has 0 amide bonds. The molecule has 0 saturated heterocycles. The monoisotopic (exact) mass is 339 g/mol. The van der Waals surface area contributed by atoms with Gasteiger partial charge in [-0.1, -0.05) is 51.2 Å². The Hall–Kier alpha value is -1.65. The van der Waals surface area contributed by atoms with E-state index in [0.717, 1.165) is 38.5 Å². The summed E-state index contributed by atoms with van der Waals surface area (Å²) < 4.78 is 4.58. The van der Waals surface area contributed by atoms with Crippen molar-refractivity contribution in [2.45, 2.75) is 84.0 Å². The smallest absolute Gasteiger partial charge is 0.305 e. The lowest BCUT2D eigenvalue weighted by Gasteiger charge is -2.01. The van der Waals surface area contributed by atoms with Crippen LogP contribution in [0.25, 0.3) is 0 Å². The maximum Gasteiger partial charge on any atom is 0.305 e. The fourth-order valence-electron chi connectivity index (χ4n) is 2.41. The molecule has 0 saturated carbocycles. The van der Waals surface area contributed by atoms with E-state index in [1.807, 2.05) is 6.08 Å². The first-order valence-electron chi connectivity index (χ1n) is 9.17. The maximum atomic E-state index is 11.0. The third kappa shape index (κ3) is 14.0. The Labute approximate surface area is 146 Å². The second-order valence-corrected chi connectivity index (χ2v) is 6.00. The Bertz CT molecular complexity index is 402. The normalized spacial score (nSPS) is 11.8. The van der Waals surface area contributed by atoms with Crippen molar-refractivity contribution in [2.24, 2.45) is 0 Å². The number of nitrogens with zero attached hydrogens (tertiary/aromatic N) is 1. The summed E-state index contributed by atoms with van der Waals surface area (Å²) in [5.74, 6) is -0.170. The number of methoxy groups -OCH3 is 1. The van der Waals surface area contributed by atoms with Crippen LogP contribution in [0.5, 0.6) is 0 Å². The molecular weight excluding hydrogens is 306 g/mol. The fraction of sp³-hybridized carbons (Fsp3) is 0.737. The minimum atomic E-state index is -0.262. The molecule has 5 heteroatoms. The molecule has 0 heterocycles. The Morgan fingerprint density at radius 2 is 1.67 bits per heavy atom. The molecule has 0 aliphatic carbocycles. The molecule has 0 atom stereocenters. The van der Waals surface area contributed by atoms with E-state index >= 15 is 0 Å². The average Bonchev–Trinajstić information content (AvgIpc) is 2.57. The minimum Gasteiger partial charge on any atom is -0.469 e. The van der Waals surface area contributed by atoms with Crippen molar-refractivity contribution in [3.05, 3.63) is 34.0 Å². The molecule has 0 aromatic carbocycles. The largest absolute Gasteiger partial charge is 0.469 e. The molecule has 24 heavy (non-hydrogen) atoms. The Morgan fingerprint density at radius 3 is 2.29 bits per heavy atom. The molecule has 0 aliphatic heterocycles. The van der Waals surface area contributed by atoms with Crippen LogP contribution in [0.4, 0.5) is 0 Å². The third-order valence-corrected chi connectivity index (χ3v) is 3.91. The fourth-order valence-corrected chi connectivity index (χ4v) is 2.41. The first kappa shape index (κ1) is 22.4. The maximum absolute atomic E-state index is 11.0. The highest BCUT2D eigenvalue weighted by Crippen LogP contribution is 2.13. The summed E-state index contributed by atoms with van der Waals surface area (Å²) in [6.45, 7) is 2.18. The van der Waals surface area contributed by atoms with Gasteiger partial charge in [-0.05, 0) is 38.2 Å². The highest BCUT2D eigenvalue weighted by molar-refractivity contribution is 5.68. The van der Waals surface area contributed by atoms with Crippen LogP contribution in [0.15, 0.2) is 23.9 Å². The van der Waals surface area contributed by atoms with Gasteiger partial charge < -0.3 is 4.74 Å². The molecule has 0 unspecified atom stereocenters. The molecule has 138 valence electrons. The van der Waals surface area contributed by atoms with Crippen LogP contribution in [0.1, 0.15) is 84.0 Å². The minimum absolute atomic E-state index is 0.170. The average molecular weight is 339 g/mol. The molecule has 0 radical (unpaired) electrons. The van der Waals surface area contributed by atoms with Crippen LogP contribution in [0.2, 0.25) is 0 Å². The summed E-state index contributed by atoms with van der Waals surface area (Å²) >= 11 is 0. The molecule has 0 aliphatic rings. The summed E-state index contributed by atoms with van der Waals surface area (Å²) in [6, 6.07) is 0. The molecule has 0 bridgehead atoms. The zero-order valence-electron chi connectivity index (χ0n) is 15.3. The van der Waals surface area contributed by atoms with E-state index in [0.29, 0.717) is 25.0 Å². The van der Waals surface area contributed by atoms with Gasteiger partial charge in [-0.2, -0.15) is 0 Å². The predicted molar refractivity (Wildman–Crippen MR) is 97.3 cm³/mol.